The van der Waals surface area contributed by atoms with Crippen LogP contribution in [0.4, 0.5) is 14.5 Å². The van der Waals surface area contributed by atoms with Crippen molar-refractivity contribution in [2.24, 2.45) is 5.73 Å². The second-order valence-corrected chi connectivity index (χ2v) is 3.91. The minimum atomic E-state index is -0.680. The van der Waals surface area contributed by atoms with E-state index in [0.717, 1.165) is 6.07 Å². The summed E-state index contributed by atoms with van der Waals surface area (Å²) >= 11 is 0. The quantitative estimate of drug-likeness (QED) is 0.782. The van der Waals surface area contributed by atoms with Gasteiger partial charge in [0, 0.05) is 18.2 Å². The summed E-state index contributed by atoms with van der Waals surface area (Å²) < 4.78 is 26.4. The SMILES string of the molecule is C[C@@H](N)C(=O)N1CCc2c(F)cc(F)cc21. The van der Waals surface area contributed by atoms with Gasteiger partial charge in [-0.25, -0.2) is 8.78 Å². The third-order valence-corrected chi connectivity index (χ3v) is 2.67. The summed E-state index contributed by atoms with van der Waals surface area (Å²) in [5.74, 6) is -1.60. The molecule has 1 atom stereocenters. The molecule has 2 rings (SSSR count). The normalized spacial score (nSPS) is 16.1. The van der Waals surface area contributed by atoms with Crippen molar-refractivity contribution in [3.8, 4) is 0 Å². The zero-order chi connectivity index (χ0) is 11.9. The van der Waals surface area contributed by atoms with Gasteiger partial charge in [0.25, 0.3) is 0 Å². The maximum atomic E-state index is 13.4. The van der Waals surface area contributed by atoms with E-state index < -0.39 is 17.7 Å². The molecule has 0 saturated heterocycles. The molecule has 2 N–H and O–H groups in total. The number of carbonyl (C=O) groups is 1. The number of nitrogens with zero attached hydrogens (tertiary/aromatic N) is 1. The van der Waals surface area contributed by atoms with Crippen LogP contribution >= 0.6 is 0 Å². The predicted molar refractivity (Wildman–Crippen MR) is 56.1 cm³/mol. The van der Waals surface area contributed by atoms with Crippen LogP contribution in [-0.2, 0) is 11.2 Å². The Kier molecular flexibility index (Phi) is 2.63. The number of carbonyl (C=O) groups excluding carboxylic acids is 1. The summed E-state index contributed by atoms with van der Waals surface area (Å²) in [6.45, 7) is 1.91. The number of hydrogen-bond acceptors (Lipinski definition) is 2. The van der Waals surface area contributed by atoms with Gasteiger partial charge in [0.1, 0.15) is 11.6 Å². The maximum absolute atomic E-state index is 13.4. The monoisotopic (exact) mass is 226 g/mol. The number of anilines is 1. The number of hydrogen-bond donors (Lipinski definition) is 1. The van der Waals surface area contributed by atoms with Crippen molar-refractivity contribution in [2.75, 3.05) is 11.4 Å². The first-order valence-corrected chi connectivity index (χ1v) is 5.05. The van der Waals surface area contributed by atoms with E-state index in [0.29, 0.717) is 24.2 Å². The van der Waals surface area contributed by atoms with Crippen molar-refractivity contribution in [1.29, 1.82) is 0 Å². The Morgan fingerprint density at radius 2 is 2.19 bits per heavy atom. The zero-order valence-corrected chi connectivity index (χ0v) is 8.84. The van der Waals surface area contributed by atoms with Crippen LogP contribution in [0.1, 0.15) is 12.5 Å². The molecule has 0 spiro atoms. The minimum absolute atomic E-state index is 0.305. The number of amides is 1. The second-order valence-electron chi connectivity index (χ2n) is 3.91. The number of benzene rings is 1. The average molecular weight is 226 g/mol. The van der Waals surface area contributed by atoms with Crippen molar-refractivity contribution < 1.29 is 13.6 Å². The average Bonchev–Trinajstić information content (AvgIpc) is 2.60. The molecule has 0 bridgehead atoms. The molecule has 5 heteroatoms. The van der Waals surface area contributed by atoms with Crippen molar-refractivity contribution in [2.45, 2.75) is 19.4 Å². The fourth-order valence-electron chi connectivity index (χ4n) is 1.90. The van der Waals surface area contributed by atoms with Crippen molar-refractivity contribution in [3.63, 3.8) is 0 Å². The van der Waals surface area contributed by atoms with E-state index in [9.17, 15) is 13.6 Å². The number of halogens is 2. The lowest BCUT2D eigenvalue weighted by Crippen LogP contribution is -2.41. The van der Waals surface area contributed by atoms with E-state index in [1.54, 1.807) is 6.92 Å². The Bertz CT molecular complexity index is 446. The van der Waals surface area contributed by atoms with Gasteiger partial charge >= 0.3 is 0 Å². The van der Waals surface area contributed by atoms with Crippen molar-refractivity contribution in [3.05, 3.63) is 29.3 Å². The molecular formula is C11H12F2N2O. The molecule has 1 aromatic rings. The molecule has 1 aromatic carbocycles. The Morgan fingerprint density at radius 1 is 1.50 bits per heavy atom. The largest absolute Gasteiger partial charge is 0.320 e. The molecule has 0 radical (unpaired) electrons. The zero-order valence-electron chi connectivity index (χ0n) is 8.84. The molecule has 1 aliphatic rings. The summed E-state index contributed by atoms with van der Waals surface area (Å²) in [7, 11) is 0. The summed E-state index contributed by atoms with van der Waals surface area (Å²) in [4.78, 5) is 13.0. The Morgan fingerprint density at radius 3 is 2.81 bits per heavy atom. The molecule has 3 nitrogen and oxygen atoms in total. The van der Waals surface area contributed by atoms with E-state index in [4.69, 9.17) is 5.73 Å². The van der Waals surface area contributed by atoms with Gasteiger partial charge in [-0.2, -0.15) is 0 Å². The molecule has 0 aromatic heterocycles. The molecular weight excluding hydrogens is 214 g/mol. The maximum Gasteiger partial charge on any atom is 0.243 e. The molecule has 0 saturated carbocycles. The molecule has 16 heavy (non-hydrogen) atoms. The van der Waals surface area contributed by atoms with Gasteiger partial charge in [-0.1, -0.05) is 0 Å². The van der Waals surface area contributed by atoms with Crippen LogP contribution in [0.2, 0.25) is 0 Å². The summed E-state index contributed by atoms with van der Waals surface area (Å²) in [5, 5.41) is 0. The minimum Gasteiger partial charge on any atom is -0.320 e. The number of nitrogens with two attached hydrogens (primary N) is 1. The third kappa shape index (κ3) is 1.67. The topological polar surface area (TPSA) is 46.3 Å². The van der Waals surface area contributed by atoms with E-state index >= 15 is 0 Å². The van der Waals surface area contributed by atoms with E-state index in [1.165, 1.54) is 11.0 Å². The Balaban J connectivity index is 2.43. The van der Waals surface area contributed by atoms with Gasteiger partial charge in [-0.3, -0.25) is 4.79 Å². The Labute approximate surface area is 91.8 Å². The van der Waals surface area contributed by atoms with Gasteiger partial charge in [0.15, 0.2) is 0 Å². The van der Waals surface area contributed by atoms with Crippen LogP contribution < -0.4 is 10.6 Å². The van der Waals surface area contributed by atoms with Crippen LogP contribution in [0.5, 0.6) is 0 Å². The van der Waals surface area contributed by atoms with Crippen LogP contribution in [0.3, 0.4) is 0 Å². The highest BCUT2D eigenvalue weighted by Crippen LogP contribution is 2.31. The predicted octanol–water partition coefficient (Wildman–Crippen LogP) is 1.20. The second kappa shape index (κ2) is 3.83. The molecule has 0 unspecified atom stereocenters. The van der Waals surface area contributed by atoms with Gasteiger partial charge in [0.05, 0.1) is 11.7 Å². The van der Waals surface area contributed by atoms with E-state index in [-0.39, 0.29) is 5.91 Å². The summed E-state index contributed by atoms with van der Waals surface area (Å²) in [6.07, 6.45) is 0.403. The molecule has 86 valence electrons. The van der Waals surface area contributed by atoms with E-state index in [1.807, 2.05) is 0 Å². The highest BCUT2D eigenvalue weighted by molar-refractivity contribution is 5.98. The lowest BCUT2D eigenvalue weighted by Gasteiger charge is -2.19. The number of fused-ring (bicyclic) bond motifs is 1. The first-order chi connectivity index (χ1) is 7.50. The summed E-state index contributed by atoms with van der Waals surface area (Å²) in [5.41, 5.74) is 6.16. The van der Waals surface area contributed by atoms with Crippen LogP contribution in [0, 0.1) is 11.6 Å². The standard InChI is InChI=1S/C11H12F2N2O/c1-6(14)11(16)15-3-2-8-9(13)4-7(12)5-10(8)15/h4-6H,2-3,14H2,1H3/t6-/m1/s1. The number of rotatable bonds is 1. The fourth-order valence-corrected chi connectivity index (χ4v) is 1.90. The molecule has 1 heterocycles. The van der Waals surface area contributed by atoms with Gasteiger partial charge < -0.3 is 10.6 Å². The summed E-state index contributed by atoms with van der Waals surface area (Å²) in [6, 6.07) is 1.34. The molecule has 1 aliphatic heterocycles. The first kappa shape index (κ1) is 11.0. The first-order valence-electron chi connectivity index (χ1n) is 5.05. The lowest BCUT2D eigenvalue weighted by atomic mass is 10.1. The van der Waals surface area contributed by atoms with Crippen LogP contribution in [0.25, 0.3) is 0 Å². The molecule has 0 aliphatic carbocycles. The smallest absolute Gasteiger partial charge is 0.243 e. The molecule has 0 fully saturated rings. The highest BCUT2D eigenvalue weighted by Gasteiger charge is 2.29. The van der Waals surface area contributed by atoms with Gasteiger partial charge in [-0.05, 0) is 19.4 Å². The van der Waals surface area contributed by atoms with Gasteiger partial charge in [-0.15, -0.1) is 0 Å². The third-order valence-electron chi connectivity index (χ3n) is 2.67. The van der Waals surface area contributed by atoms with Crippen molar-refractivity contribution >= 4 is 11.6 Å². The van der Waals surface area contributed by atoms with Crippen LogP contribution in [-0.4, -0.2) is 18.5 Å². The fraction of sp³-hybridized carbons (Fsp3) is 0.364. The lowest BCUT2D eigenvalue weighted by molar-refractivity contribution is -0.119. The van der Waals surface area contributed by atoms with Crippen molar-refractivity contribution in [1.82, 2.24) is 0 Å². The van der Waals surface area contributed by atoms with Gasteiger partial charge in [0.2, 0.25) is 5.91 Å². The highest BCUT2D eigenvalue weighted by atomic mass is 19.1. The molecule has 1 amide bonds. The van der Waals surface area contributed by atoms with Crippen LogP contribution in [0.15, 0.2) is 12.1 Å². The Hall–Kier alpha value is -1.49. The van der Waals surface area contributed by atoms with E-state index in [2.05, 4.69) is 0 Å².